The Labute approximate surface area is 290 Å². The van der Waals surface area contributed by atoms with Crippen molar-refractivity contribution < 1.29 is 49.0 Å². The zero-order valence-corrected chi connectivity index (χ0v) is 29.8. The van der Waals surface area contributed by atoms with Gasteiger partial charge in [-0.1, -0.05) is 67.8 Å². The fourth-order valence-electron chi connectivity index (χ4n) is 5.60. The van der Waals surface area contributed by atoms with Gasteiger partial charge in [-0.2, -0.15) is 11.6 Å². The van der Waals surface area contributed by atoms with Gasteiger partial charge in [-0.25, -0.2) is 0 Å². The molecule has 0 spiro atoms. The summed E-state index contributed by atoms with van der Waals surface area (Å²) in [5.41, 5.74) is 8.27. The molecule has 0 unspecified atom stereocenters. The van der Waals surface area contributed by atoms with Crippen LogP contribution in [0.25, 0.3) is 32.3 Å². The van der Waals surface area contributed by atoms with E-state index in [2.05, 4.69) is 161 Å². The van der Waals surface area contributed by atoms with E-state index in [1.165, 1.54) is 93.1 Å². The fraction of sp³-hybridized carbons (Fsp3) is 0.146. The zero-order chi connectivity index (χ0) is 29.5. The molecule has 0 aliphatic carbocycles. The van der Waals surface area contributed by atoms with E-state index in [0.29, 0.717) is 0 Å². The van der Waals surface area contributed by atoms with Gasteiger partial charge in [0, 0.05) is 0 Å². The van der Waals surface area contributed by atoms with E-state index >= 15 is 0 Å². The maximum atomic E-state index is 2.32. The van der Waals surface area contributed by atoms with Gasteiger partial charge in [0.25, 0.3) is 0 Å². The third-order valence-corrected chi connectivity index (χ3v) is 9.41. The number of aryl methyl sites for hydroxylation is 4. The van der Waals surface area contributed by atoms with Crippen LogP contribution in [-0.4, -0.2) is 3.21 Å². The SMILES string of the molecule is CCc1ccc2c(c1)[cH-]c1cc(CC)ccc12.Cc1cccc2[cH-]cc(C)c12.[Cl-].[Cl-].[Zr+2]=[C](c1ccccc1)c1ccccc1. The summed E-state index contributed by atoms with van der Waals surface area (Å²) in [4.78, 5) is 0. The first-order valence-electron chi connectivity index (χ1n) is 14.9. The summed E-state index contributed by atoms with van der Waals surface area (Å²) in [5, 5.41) is 8.33. The van der Waals surface area contributed by atoms with Gasteiger partial charge in [0.2, 0.25) is 0 Å². The van der Waals surface area contributed by atoms with Crippen molar-refractivity contribution in [2.24, 2.45) is 0 Å². The maximum absolute atomic E-state index is 2.32. The Bertz CT molecular complexity index is 1830. The molecule has 0 bridgehead atoms. The third-order valence-electron chi connectivity index (χ3n) is 7.99. The van der Waals surface area contributed by atoms with Crippen LogP contribution in [-0.2, 0) is 37.1 Å². The van der Waals surface area contributed by atoms with Crippen LogP contribution in [0.15, 0.2) is 133 Å². The first-order valence-corrected chi connectivity index (χ1v) is 16.1. The van der Waals surface area contributed by atoms with Crippen molar-refractivity contribution in [1.29, 1.82) is 0 Å². The Balaban J connectivity index is 0.000000180. The standard InChI is InChI=1S/C17H17.C13H10.C11H11.2ClH.Zr/c1-3-12-5-7-16-14(9-12)11-15-10-13(4-2)6-8-17(15)16;1-3-7-12(8-4-1)11-13-9-5-2-6-10-13;1-8-4-3-5-10-7-6-9(2)11(8)10;;;/h5-11H,3-4H2,1-2H3;1-10H;3-7H,1-2H3;2*1H;/q-1;;-1;;;+2/p-2. The molecule has 0 nitrogen and oxygen atoms in total. The molecule has 0 heterocycles. The third kappa shape index (κ3) is 8.34. The molecular weight excluding hydrogens is 655 g/mol. The molecule has 7 aromatic rings. The number of rotatable bonds is 4. The van der Waals surface area contributed by atoms with Crippen molar-refractivity contribution in [3.05, 3.63) is 167 Å². The molecule has 3 heteroatoms. The van der Waals surface area contributed by atoms with Crippen LogP contribution in [0.3, 0.4) is 0 Å². The summed E-state index contributed by atoms with van der Waals surface area (Å²) in [6, 6.07) is 47.9. The van der Waals surface area contributed by atoms with Gasteiger partial charge in [-0.05, 0) is 19.8 Å². The van der Waals surface area contributed by atoms with E-state index in [-0.39, 0.29) is 24.8 Å². The minimum atomic E-state index is 0. The van der Waals surface area contributed by atoms with E-state index in [1.807, 2.05) is 0 Å². The predicted molar refractivity (Wildman–Crippen MR) is 181 cm³/mol. The number of hydrogen-bond donors (Lipinski definition) is 0. The minimum absolute atomic E-state index is 0. The number of fused-ring (bicyclic) bond motifs is 4. The second kappa shape index (κ2) is 16.8. The molecular formula is C41H38Cl2Zr-2. The summed E-state index contributed by atoms with van der Waals surface area (Å²) in [6.07, 6.45) is 2.22. The van der Waals surface area contributed by atoms with Crippen LogP contribution in [0.5, 0.6) is 0 Å². The molecule has 0 fully saturated rings. The molecule has 0 radical (unpaired) electrons. The van der Waals surface area contributed by atoms with Gasteiger partial charge in [-0.3, -0.25) is 0 Å². The molecule has 0 saturated heterocycles. The van der Waals surface area contributed by atoms with E-state index in [0.717, 1.165) is 12.8 Å². The molecule has 0 N–H and O–H groups in total. The van der Waals surface area contributed by atoms with Crippen LogP contribution in [0.1, 0.15) is 47.2 Å². The number of benzene rings is 5. The van der Waals surface area contributed by atoms with Gasteiger partial charge < -0.3 is 24.8 Å². The van der Waals surface area contributed by atoms with Crippen molar-refractivity contribution >= 4 is 35.5 Å². The Morgan fingerprint density at radius 1 is 0.568 bits per heavy atom. The zero-order valence-electron chi connectivity index (χ0n) is 25.9. The van der Waals surface area contributed by atoms with Gasteiger partial charge >= 0.3 is 99.2 Å². The van der Waals surface area contributed by atoms with E-state index in [9.17, 15) is 0 Å². The molecule has 0 saturated carbocycles. The predicted octanol–water partition coefficient (Wildman–Crippen LogP) is 4.82. The summed E-state index contributed by atoms with van der Waals surface area (Å²) >= 11 is 1.46. The summed E-state index contributed by atoms with van der Waals surface area (Å²) in [7, 11) is 0. The quantitative estimate of drug-likeness (QED) is 0.232. The van der Waals surface area contributed by atoms with Gasteiger partial charge in [-0.15, -0.1) is 68.7 Å². The van der Waals surface area contributed by atoms with Crippen molar-refractivity contribution in [2.45, 2.75) is 40.5 Å². The molecule has 7 rings (SSSR count). The molecule has 0 atom stereocenters. The topological polar surface area (TPSA) is 0 Å². The first kappa shape index (κ1) is 35.4. The monoisotopic (exact) mass is 690 g/mol. The first-order chi connectivity index (χ1) is 20.5. The van der Waals surface area contributed by atoms with Crippen molar-refractivity contribution in [3.63, 3.8) is 0 Å². The van der Waals surface area contributed by atoms with Crippen LogP contribution in [0.2, 0.25) is 0 Å². The van der Waals surface area contributed by atoms with Crippen LogP contribution in [0, 0.1) is 13.8 Å². The molecule has 0 aliphatic heterocycles. The Hall–Kier alpha value is -3.09. The Morgan fingerprint density at radius 3 is 1.52 bits per heavy atom. The Morgan fingerprint density at radius 2 is 1.07 bits per heavy atom. The normalized spacial score (nSPS) is 10.2. The van der Waals surface area contributed by atoms with Gasteiger partial charge in [0.05, 0.1) is 0 Å². The van der Waals surface area contributed by atoms with Gasteiger partial charge in [0.1, 0.15) is 0 Å². The molecule has 0 aromatic heterocycles. The summed E-state index contributed by atoms with van der Waals surface area (Å²) in [6.45, 7) is 8.74. The van der Waals surface area contributed by atoms with E-state index in [4.69, 9.17) is 0 Å². The average molecular weight is 693 g/mol. The van der Waals surface area contributed by atoms with Gasteiger partial charge in [0.15, 0.2) is 0 Å². The second-order valence-corrected chi connectivity index (χ2v) is 12.1. The molecule has 0 amide bonds. The van der Waals surface area contributed by atoms with Crippen molar-refractivity contribution in [2.75, 3.05) is 0 Å². The van der Waals surface area contributed by atoms with Crippen LogP contribution in [0.4, 0.5) is 0 Å². The summed E-state index contributed by atoms with van der Waals surface area (Å²) < 4.78 is 1.42. The van der Waals surface area contributed by atoms with E-state index in [1.54, 1.807) is 0 Å². The van der Waals surface area contributed by atoms with E-state index < -0.39 is 0 Å². The van der Waals surface area contributed by atoms with Crippen molar-refractivity contribution in [3.8, 4) is 0 Å². The average Bonchev–Trinajstić information content (AvgIpc) is 3.61. The van der Waals surface area contributed by atoms with Crippen molar-refractivity contribution in [1.82, 2.24) is 0 Å². The number of halogens is 2. The molecule has 0 aliphatic rings. The molecule has 7 aromatic carbocycles. The molecule has 222 valence electrons. The fourth-order valence-corrected chi connectivity index (χ4v) is 6.42. The number of hydrogen-bond acceptors (Lipinski definition) is 0. The second-order valence-electron chi connectivity index (χ2n) is 10.9. The van der Waals surface area contributed by atoms with Crippen LogP contribution >= 0.6 is 0 Å². The summed E-state index contributed by atoms with van der Waals surface area (Å²) in [5.74, 6) is 0. The Kier molecular flexibility index (Phi) is 13.5. The molecule has 44 heavy (non-hydrogen) atoms. The van der Waals surface area contributed by atoms with Crippen LogP contribution < -0.4 is 24.8 Å².